The average molecular weight is 305 g/mol. The molecule has 0 spiro atoms. The maximum Gasteiger partial charge on any atom is 0.188 e. The number of unbranched alkanes of at least 4 members (excludes halogenated alkanes) is 5. The van der Waals surface area contributed by atoms with Gasteiger partial charge in [-0.1, -0.05) is 51.9 Å². The maximum atomic E-state index is 5.88. The predicted molar refractivity (Wildman–Crippen MR) is 90.7 cm³/mol. The molecule has 0 saturated carbocycles. The highest BCUT2D eigenvalue weighted by atomic mass is 28.4. The fraction of sp³-hybridized carbons (Fsp3) is 1.00. The molecule has 19 heavy (non-hydrogen) atoms. The van der Waals surface area contributed by atoms with Crippen LogP contribution in [-0.4, -0.2) is 30.9 Å². The first-order valence-corrected chi connectivity index (χ1v) is 13.9. The van der Waals surface area contributed by atoms with Gasteiger partial charge in [0.25, 0.3) is 0 Å². The minimum atomic E-state index is -1.60. The second-order valence-electron chi connectivity index (χ2n) is 6.72. The molecule has 2 nitrogen and oxygen atoms in total. The van der Waals surface area contributed by atoms with Crippen LogP contribution in [0.15, 0.2) is 0 Å². The van der Waals surface area contributed by atoms with E-state index in [1.807, 2.05) is 14.2 Å². The molecule has 0 unspecified atom stereocenters. The van der Waals surface area contributed by atoms with Crippen molar-refractivity contribution in [3.05, 3.63) is 0 Å². The minimum Gasteiger partial charge on any atom is -0.420 e. The van der Waals surface area contributed by atoms with Crippen LogP contribution in [0.4, 0.5) is 0 Å². The molecule has 0 aromatic rings. The Labute approximate surface area is 123 Å². The molecule has 4 heteroatoms. The third-order valence-corrected chi connectivity index (χ3v) is 14.8. The van der Waals surface area contributed by atoms with Crippen molar-refractivity contribution in [1.82, 2.24) is 0 Å². The highest BCUT2D eigenvalue weighted by molar-refractivity contribution is 6.91. The SMILES string of the molecule is CCCCCCCCC([Si](C)(C)OC)[Si](C)(C)OC. The lowest BCUT2D eigenvalue weighted by molar-refractivity contribution is 0.365. The zero-order chi connectivity index (χ0) is 14.9. The van der Waals surface area contributed by atoms with Gasteiger partial charge in [-0.25, -0.2) is 0 Å². The summed E-state index contributed by atoms with van der Waals surface area (Å²) in [5, 5.41) is 0.696. The lowest BCUT2D eigenvalue weighted by atomic mass is 10.1. The Morgan fingerprint density at radius 2 is 1.16 bits per heavy atom. The fourth-order valence-electron chi connectivity index (χ4n) is 2.95. The highest BCUT2D eigenvalue weighted by Gasteiger charge is 2.44. The van der Waals surface area contributed by atoms with E-state index in [0.717, 1.165) is 0 Å². The van der Waals surface area contributed by atoms with Gasteiger partial charge in [-0.05, 0) is 31.4 Å². The van der Waals surface area contributed by atoms with Gasteiger partial charge in [0.05, 0.1) is 0 Å². The quantitative estimate of drug-likeness (QED) is 0.378. The molecular formula is C15H36O2Si2. The van der Waals surface area contributed by atoms with Crippen molar-refractivity contribution in [3.63, 3.8) is 0 Å². The summed E-state index contributed by atoms with van der Waals surface area (Å²) in [5.41, 5.74) is 0. The van der Waals surface area contributed by atoms with E-state index in [2.05, 4.69) is 33.1 Å². The van der Waals surface area contributed by atoms with Gasteiger partial charge in [-0.15, -0.1) is 0 Å². The summed E-state index contributed by atoms with van der Waals surface area (Å²) in [6.07, 6.45) is 9.52. The summed E-state index contributed by atoms with van der Waals surface area (Å²) < 4.78 is 11.8. The molecule has 0 atom stereocenters. The Morgan fingerprint density at radius 3 is 1.58 bits per heavy atom. The van der Waals surface area contributed by atoms with Crippen LogP contribution in [0.2, 0.25) is 31.4 Å². The highest BCUT2D eigenvalue weighted by Crippen LogP contribution is 2.37. The first-order valence-electron chi connectivity index (χ1n) is 7.92. The van der Waals surface area contributed by atoms with Crippen LogP contribution in [0.5, 0.6) is 0 Å². The Balaban J connectivity index is 4.30. The zero-order valence-electron chi connectivity index (χ0n) is 14.3. The van der Waals surface area contributed by atoms with Crippen LogP contribution in [0.25, 0.3) is 0 Å². The molecule has 0 aliphatic carbocycles. The molecule has 0 aliphatic heterocycles. The predicted octanol–water partition coefficient (Wildman–Crippen LogP) is 5.35. The molecule has 0 aromatic carbocycles. The van der Waals surface area contributed by atoms with Crippen LogP contribution in [0, 0.1) is 0 Å². The zero-order valence-corrected chi connectivity index (χ0v) is 16.3. The minimum absolute atomic E-state index is 0.696. The van der Waals surface area contributed by atoms with E-state index in [4.69, 9.17) is 8.85 Å². The Bertz CT molecular complexity index is 214. The van der Waals surface area contributed by atoms with Gasteiger partial charge < -0.3 is 8.85 Å². The summed E-state index contributed by atoms with van der Waals surface area (Å²) in [6, 6.07) is 0. The van der Waals surface area contributed by atoms with Crippen molar-refractivity contribution in [2.24, 2.45) is 0 Å². The second kappa shape index (κ2) is 9.32. The van der Waals surface area contributed by atoms with Gasteiger partial charge in [0, 0.05) is 14.2 Å². The molecule has 0 aromatic heterocycles. The summed E-state index contributed by atoms with van der Waals surface area (Å²) in [7, 11) is 0.575. The number of rotatable bonds is 11. The van der Waals surface area contributed by atoms with Gasteiger partial charge in [0.2, 0.25) is 0 Å². The maximum absolute atomic E-state index is 5.88. The van der Waals surface area contributed by atoms with Crippen LogP contribution in [0.1, 0.15) is 51.9 Å². The molecule has 0 fully saturated rings. The van der Waals surface area contributed by atoms with Crippen molar-refractivity contribution in [2.45, 2.75) is 83.2 Å². The van der Waals surface area contributed by atoms with Gasteiger partial charge in [-0.2, -0.15) is 0 Å². The van der Waals surface area contributed by atoms with E-state index in [-0.39, 0.29) is 0 Å². The molecule has 0 radical (unpaired) electrons. The Hall–Kier alpha value is 0.354. The molecule has 0 rings (SSSR count). The Kier molecular flexibility index (Phi) is 9.49. The molecule has 116 valence electrons. The molecule has 0 bridgehead atoms. The van der Waals surface area contributed by atoms with Crippen LogP contribution >= 0.6 is 0 Å². The van der Waals surface area contributed by atoms with E-state index in [0.29, 0.717) is 5.16 Å². The van der Waals surface area contributed by atoms with Gasteiger partial charge in [-0.3, -0.25) is 0 Å². The van der Waals surface area contributed by atoms with Crippen molar-refractivity contribution in [2.75, 3.05) is 14.2 Å². The molecule has 0 amide bonds. The van der Waals surface area contributed by atoms with Crippen LogP contribution in [0.3, 0.4) is 0 Å². The van der Waals surface area contributed by atoms with Crippen LogP contribution in [-0.2, 0) is 8.85 Å². The third-order valence-electron chi connectivity index (χ3n) is 4.58. The van der Waals surface area contributed by atoms with E-state index in [1.54, 1.807) is 0 Å². The average Bonchev–Trinajstić information content (AvgIpc) is 2.37. The van der Waals surface area contributed by atoms with Crippen molar-refractivity contribution >= 4 is 16.6 Å². The standard InChI is InChI=1S/C15H36O2Si2/c1-8-9-10-11-12-13-14-15(18(4,5)16-2)19(6,7)17-3/h15H,8-14H2,1-7H3. The van der Waals surface area contributed by atoms with Crippen molar-refractivity contribution < 1.29 is 8.85 Å². The first-order chi connectivity index (χ1) is 8.81. The summed E-state index contributed by atoms with van der Waals surface area (Å²) in [4.78, 5) is 0. The number of hydrogen-bond donors (Lipinski definition) is 0. The summed E-state index contributed by atoms with van der Waals surface area (Å²) in [5.74, 6) is 0. The van der Waals surface area contributed by atoms with Gasteiger partial charge >= 0.3 is 0 Å². The van der Waals surface area contributed by atoms with Gasteiger partial charge in [0.15, 0.2) is 16.6 Å². The van der Waals surface area contributed by atoms with Crippen molar-refractivity contribution in [1.29, 1.82) is 0 Å². The lowest BCUT2D eigenvalue weighted by Crippen LogP contribution is -2.50. The lowest BCUT2D eigenvalue weighted by Gasteiger charge is -2.39. The Morgan fingerprint density at radius 1 is 0.737 bits per heavy atom. The molecule has 0 saturated heterocycles. The van der Waals surface area contributed by atoms with E-state index < -0.39 is 16.6 Å². The molecule has 0 N–H and O–H groups in total. The van der Waals surface area contributed by atoms with E-state index >= 15 is 0 Å². The molecule has 0 heterocycles. The normalized spacial score (nSPS) is 13.3. The van der Waals surface area contributed by atoms with Crippen LogP contribution < -0.4 is 0 Å². The molecule has 0 aliphatic rings. The smallest absolute Gasteiger partial charge is 0.188 e. The molecular weight excluding hydrogens is 268 g/mol. The van der Waals surface area contributed by atoms with Gasteiger partial charge in [0.1, 0.15) is 0 Å². The monoisotopic (exact) mass is 304 g/mol. The fourth-order valence-corrected chi connectivity index (χ4v) is 12.7. The number of hydrogen-bond acceptors (Lipinski definition) is 2. The van der Waals surface area contributed by atoms with E-state index in [9.17, 15) is 0 Å². The summed E-state index contributed by atoms with van der Waals surface area (Å²) >= 11 is 0. The summed E-state index contributed by atoms with van der Waals surface area (Å²) in [6.45, 7) is 11.7. The second-order valence-corrected chi connectivity index (χ2v) is 15.9. The largest absolute Gasteiger partial charge is 0.420 e. The third kappa shape index (κ3) is 7.07. The first kappa shape index (κ1) is 19.4. The topological polar surface area (TPSA) is 18.5 Å². The van der Waals surface area contributed by atoms with E-state index in [1.165, 1.54) is 44.9 Å². The van der Waals surface area contributed by atoms with Crippen molar-refractivity contribution in [3.8, 4) is 0 Å².